The summed E-state index contributed by atoms with van der Waals surface area (Å²) in [6, 6.07) is 3.67. The number of ketones is 1. The van der Waals surface area contributed by atoms with Crippen molar-refractivity contribution < 1.29 is 13.2 Å². The van der Waals surface area contributed by atoms with Gasteiger partial charge in [-0.2, -0.15) is 22.7 Å². The fraction of sp³-hybridized carbons (Fsp3) is 0.0714. The number of hydrogen-bond acceptors (Lipinski definition) is 5. The number of carbonyl (C=O) groups is 1. The van der Waals surface area contributed by atoms with Gasteiger partial charge in [0.25, 0.3) is 0 Å². The molecule has 20 heavy (non-hydrogen) atoms. The predicted octanol–water partition coefficient (Wildman–Crippen LogP) is 3.48. The van der Waals surface area contributed by atoms with E-state index in [2.05, 4.69) is 0 Å². The third-order valence-corrected chi connectivity index (χ3v) is 5.00. The Bertz CT molecular complexity index is 706. The van der Waals surface area contributed by atoms with Gasteiger partial charge in [0.15, 0.2) is 15.6 Å². The van der Waals surface area contributed by atoms with Gasteiger partial charge in [0.05, 0.1) is 0 Å². The van der Waals surface area contributed by atoms with Crippen molar-refractivity contribution in [2.75, 3.05) is 5.75 Å². The summed E-state index contributed by atoms with van der Waals surface area (Å²) in [4.78, 5) is 11.6. The van der Waals surface area contributed by atoms with E-state index in [-0.39, 0.29) is 0 Å². The highest BCUT2D eigenvalue weighted by Gasteiger charge is 2.11. The van der Waals surface area contributed by atoms with Crippen molar-refractivity contribution in [1.82, 2.24) is 0 Å². The van der Waals surface area contributed by atoms with Gasteiger partial charge < -0.3 is 0 Å². The minimum absolute atomic E-state index is 0.425. The zero-order valence-corrected chi connectivity index (χ0v) is 12.9. The average molecular weight is 324 g/mol. The van der Waals surface area contributed by atoms with Crippen molar-refractivity contribution in [2.24, 2.45) is 0 Å². The van der Waals surface area contributed by atoms with Gasteiger partial charge in [0.2, 0.25) is 0 Å². The van der Waals surface area contributed by atoms with E-state index in [1.165, 1.54) is 34.8 Å². The Morgan fingerprint density at radius 2 is 1.65 bits per heavy atom. The smallest absolute Gasteiger partial charge is 0.179 e. The molecule has 0 spiro atoms. The third kappa shape index (κ3) is 4.88. The highest BCUT2D eigenvalue weighted by Crippen LogP contribution is 2.10. The molecule has 0 radical (unpaired) electrons. The van der Waals surface area contributed by atoms with Crippen LogP contribution in [0, 0.1) is 0 Å². The van der Waals surface area contributed by atoms with Crippen molar-refractivity contribution in [3.8, 4) is 0 Å². The molecule has 0 fully saturated rings. The Balaban J connectivity index is 1.96. The summed E-state index contributed by atoms with van der Waals surface area (Å²) in [5, 5.41) is 8.57. The quantitative estimate of drug-likeness (QED) is 0.764. The fourth-order valence-corrected chi connectivity index (χ4v) is 3.62. The molecule has 0 N–H and O–H groups in total. The van der Waals surface area contributed by atoms with E-state index < -0.39 is 21.4 Å². The van der Waals surface area contributed by atoms with Crippen LogP contribution in [0.1, 0.15) is 11.1 Å². The Morgan fingerprint density at radius 1 is 1.05 bits per heavy atom. The maximum absolute atomic E-state index is 11.8. The molecule has 0 aliphatic carbocycles. The molecule has 0 unspecified atom stereocenters. The molecule has 0 aliphatic rings. The van der Waals surface area contributed by atoms with Gasteiger partial charge in [-0.05, 0) is 56.9 Å². The lowest BCUT2D eigenvalue weighted by atomic mass is 10.3. The minimum Gasteiger partial charge on any atom is -0.294 e. The third-order valence-electron chi connectivity index (χ3n) is 2.36. The largest absolute Gasteiger partial charge is 0.294 e. The summed E-state index contributed by atoms with van der Waals surface area (Å²) in [6.45, 7) is 0. The first-order valence-electron chi connectivity index (χ1n) is 5.71. The normalized spacial score (nSPS) is 12.4. The van der Waals surface area contributed by atoms with Gasteiger partial charge in [0.1, 0.15) is 5.75 Å². The van der Waals surface area contributed by atoms with Crippen LogP contribution < -0.4 is 0 Å². The molecule has 0 atom stereocenters. The van der Waals surface area contributed by atoms with E-state index in [9.17, 15) is 13.2 Å². The lowest BCUT2D eigenvalue weighted by Crippen LogP contribution is -2.11. The van der Waals surface area contributed by atoms with Crippen LogP contribution in [0.3, 0.4) is 0 Å². The second-order valence-corrected chi connectivity index (χ2v) is 7.47. The molecule has 104 valence electrons. The van der Waals surface area contributed by atoms with Gasteiger partial charge in [-0.25, -0.2) is 8.42 Å². The second-order valence-electron chi connectivity index (χ2n) is 4.02. The monoisotopic (exact) mass is 324 g/mol. The Labute approximate surface area is 125 Å². The van der Waals surface area contributed by atoms with Crippen LogP contribution in [0.25, 0.3) is 12.2 Å². The van der Waals surface area contributed by atoms with E-state index in [4.69, 9.17) is 0 Å². The number of sulfone groups is 1. The van der Waals surface area contributed by atoms with Crippen LogP contribution in [-0.2, 0) is 14.6 Å². The molecule has 0 aromatic carbocycles. The summed E-state index contributed by atoms with van der Waals surface area (Å²) in [6.07, 6.45) is 4.43. The first-order valence-corrected chi connectivity index (χ1v) is 9.31. The molecular weight excluding hydrogens is 312 g/mol. The van der Waals surface area contributed by atoms with Gasteiger partial charge in [-0.1, -0.05) is 6.08 Å². The summed E-state index contributed by atoms with van der Waals surface area (Å²) in [5.74, 6) is -0.931. The van der Waals surface area contributed by atoms with Crippen molar-refractivity contribution in [3.05, 3.63) is 56.3 Å². The molecule has 0 aliphatic heterocycles. The lowest BCUT2D eigenvalue weighted by molar-refractivity contribution is -0.112. The van der Waals surface area contributed by atoms with Crippen molar-refractivity contribution in [1.29, 1.82) is 0 Å². The van der Waals surface area contributed by atoms with Crippen molar-refractivity contribution in [3.63, 3.8) is 0 Å². The highest BCUT2D eigenvalue weighted by molar-refractivity contribution is 7.95. The van der Waals surface area contributed by atoms with Gasteiger partial charge in [-0.3, -0.25) is 4.79 Å². The number of carbonyl (C=O) groups excluding carboxylic acids is 1. The number of allylic oxidation sites excluding steroid dienone is 1. The first-order chi connectivity index (χ1) is 9.55. The Hall–Kier alpha value is -1.50. The second kappa shape index (κ2) is 6.78. The summed E-state index contributed by atoms with van der Waals surface area (Å²) >= 11 is 3.01. The van der Waals surface area contributed by atoms with Crippen LogP contribution in [0.15, 0.2) is 45.1 Å². The molecule has 3 nitrogen and oxygen atoms in total. The molecule has 0 amide bonds. The molecule has 6 heteroatoms. The average Bonchev–Trinajstić information content (AvgIpc) is 3.07. The maximum atomic E-state index is 11.8. The van der Waals surface area contributed by atoms with E-state index in [0.717, 1.165) is 16.5 Å². The number of hydrogen-bond donors (Lipinski definition) is 0. The summed E-state index contributed by atoms with van der Waals surface area (Å²) in [7, 11) is -3.52. The zero-order chi connectivity index (χ0) is 14.4. The fourth-order valence-electron chi connectivity index (χ4n) is 1.41. The van der Waals surface area contributed by atoms with E-state index in [1.54, 1.807) is 6.08 Å². The molecule has 0 saturated heterocycles. The SMILES string of the molecule is O=C(/C=C\c1ccsc1)CS(=O)(=O)C=Cc1ccsc1. The number of thiophene rings is 2. The van der Waals surface area contributed by atoms with E-state index >= 15 is 0 Å². The number of rotatable bonds is 6. The molecule has 2 aromatic rings. The van der Waals surface area contributed by atoms with Crippen molar-refractivity contribution in [2.45, 2.75) is 0 Å². The van der Waals surface area contributed by atoms with Gasteiger partial charge in [0, 0.05) is 5.41 Å². The van der Waals surface area contributed by atoms with Crippen LogP contribution in [0.5, 0.6) is 0 Å². The topological polar surface area (TPSA) is 51.2 Å². The molecule has 2 heterocycles. The highest BCUT2D eigenvalue weighted by atomic mass is 32.2. The zero-order valence-electron chi connectivity index (χ0n) is 10.4. The Kier molecular flexibility index (Phi) is 5.05. The van der Waals surface area contributed by atoms with E-state index in [0.29, 0.717) is 0 Å². The standard InChI is InChI=1S/C14H12O3S3/c15-14(2-1-12-3-6-18-9-12)11-20(16,17)8-5-13-4-7-19-10-13/h1-10H,11H2/b2-1-,8-5?. The van der Waals surface area contributed by atoms with Crippen LogP contribution in [0.4, 0.5) is 0 Å². The van der Waals surface area contributed by atoms with Gasteiger partial charge >= 0.3 is 0 Å². The Morgan fingerprint density at radius 3 is 2.20 bits per heavy atom. The van der Waals surface area contributed by atoms with Crippen molar-refractivity contribution >= 4 is 50.4 Å². The minimum atomic E-state index is -3.52. The lowest BCUT2D eigenvalue weighted by Gasteiger charge is -1.94. The first kappa shape index (κ1) is 14.9. The molecule has 0 saturated carbocycles. The molecule has 0 bridgehead atoms. The van der Waals surface area contributed by atoms with E-state index in [1.807, 2.05) is 33.7 Å². The van der Waals surface area contributed by atoms with Crippen LogP contribution in [-0.4, -0.2) is 20.0 Å². The summed E-state index contributed by atoms with van der Waals surface area (Å²) < 4.78 is 23.5. The van der Waals surface area contributed by atoms with Crippen LogP contribution >= 0.6 is 22.7 Å². The van der Waals surface area contributed by atoms with Gasteiger partial charge in [-0.15, -0.1) is 0 Å². The molecule has 2 aromatic heterocycles. The molecule has 2 rings (SSSR count). The molecular formula is C14H12O3S3. The van der Waals surface area contributed by atoms with Crippen LogP contribution in [0.2, 0.25) is 0 Å². The maximum Gasteiger partial charge on any atom is 0.179 e. The predicted molar refractivity (Wildman–Crippen MR) is 85.5 cm³/mol. The summed E-state index contributed by atoms with van der Waals surface area (Å²) in [5.41, 5.74) is 1.72.